The summed E-state index contributed by atoms with van der Waals surface area (Å²) in [7, 11) is 0. The van der Waals surface area contributed by atoms with Crippen LogP contribution in [0.25, 0.3) is 10.9 Å². The van der Waals surface area contributed by atoms with E-state index in [1.54, 1.807) is 0 Å². The average molecular weight is 394 g/mol. The molecule has 6 nitrogen and oxygen atoms in total. The van der Waals surface area contributed by atoms with Crippen LogP contribution in [0.1, 0.15) is 13.3 Å². The molecule has 4 rings (SSSR count). The van der Waals surface area contributed by atoms with Crippen molar-refractivity contribution in [3.63, 3.8) is 0 Å². The highest BCUT2D eigenvalue weighted by Crippen LogP contribution is 2.54. The molecule has 3 heterocycles. The maximum absolute atomic E-state index is 6.58. The molecule has 2 aromatic rings. The smallest absolute Gasteiger partial charge is 0.125 e. The molecular weight excluding hydrogens is 367 g/mol. The molecule has 0 bridgehead atoms. The quantitative estimate of drug-likeness (QED) is 0.723. The lowest BCUT2D eigenvalue weighted by Crippen LogP contribution is -2.47. The second kappa shape index (κ2) is 8.05. The Labute approximate surface area is 160 Å². The average Bonchev–Trinajstić information content (AvgIpc) is 3.07. The molecule has 0 aliphatic carbocycles. The molecule has 2 aliphatic rings. The van der Waals surface area contributed by atoms with Crippen LogP contribution in [-0.2, 0) is 27.8 Å². The SMILES string of the molecule is CCCn1nc2ccccc2c1P(=S)(N1CCOCC1)N1CCOCC1. The number of rotatable bonds is 5. The lowest BCUT2D eigenvalue weighted by Gasteiger charge is -2.45. The van der Waals surface area contributed by atoms with Crippen LogP contribution in [0.5, 0.6) is 0 Å². The molecule has 1 aromatic carbocycles. The monoisotopic (exact) mass is 394 g/mol. The molecule has 0 unspecified atom stereocenters. The first-order valence-corrected chi connectivity index (χ1v) is 12.2. The van der Waals surface area contributed by atoms with Gasteiger partial charge in [-0.05, 0) is 12.5 Å². The lowest BCUT2D eigenvalue weighted by molar-refractivity contribution is 0.0588. The van der Waals surface area contributed by atoms with E-state index in [0.29, 0.717) is 0 Å². The van der Waals surface area contributed by atoms with Gasteiger partial charge in [-0.3, -0.25) is 14.0 Å². The minimum Gasteiger partial charge on any atom is -0.379 e. The second-order valence-corrected chi connectivity index (χ2v) is 10.9. The van der Waals surface area contributed by atoms with Gasteiger partial charge in [-0.2, -0.15) is 5.10 Å². The molecule has 0 N–H and O–H groups in total. The Hall–Kier alpha value is -0.820. The summed E-state index contributed by atoms with van der Waals surface area (Å²) in [6, 6.07) is 8.44. The summed E-state index contributed by atoms with van der Waals surface area (Å²) in [5, 5.41) is 6.13. The van der Waals surface area contributed by atoms with Gasteiger partial charge in [0.1, 0.15) is 11.8 Å². The van der Waals surface area contributed by atoms with E-state index in [9.17, 15) is 0 Å². The number of ether oxygens (including phenoxy) is 2. The van der Waals surface area contributed by atoms with Gasteiger partial charge in [0.05, 0.1) is 31.9 Å². The van der Waals surface area contributed by atoms with E-state index in [0.717, 1.165) is 71.1 Å². The van der Waals surface area contributed by atoms with Crippen LogP contribution in [0.4, 0.5) is 0 Å². The van der Waals surface area contributed by atoms with Gasteiger partial charge in [-0.15, -0.1) is 0 Å². The van der Waals surface area contributed by atoms with Crippen LogP contribution in [-0.4, -0.2) is 71.7 Å². The zero-order valence-corrected chi connectivity index (χ0v) is 17.1. The summed E-state index contributed by atoms with van der Waals surface area (Å²) < 4.78 is 18.5. The number of fused-ring (bicyclic) bond motifs is 1. The molecule has 2 aliphatic heterocycles. The molecule has 26 heavy (non-hydrogen) atoms. The van der Waals surface area contributed by atoms with Crippen molar-refractivity contribution in [2.75, 3.05) is 52.6 Å². The van der Waals surface area contributed by atoms with Crippen molar-refractivity contribution in [1.29, 1.82) is 0 Å². The minimum atomic E-state index is -2.15. The van der Waals surface area contributed by atoms with Crippen molar-refractivity contribution in [3.8, 4) is 0 Å². The topological polar surface area (TPSA) is 42.8 Å². The van der Waals surface area contributed by atoms with Crippen LogP contribution in [0.2, 0.25) is 0 Å². The highest BCUT2D eigenvalue weighted by Gasteiger charge is 2.40. The number of benzene rings is 1. The first-order chi connectivity index (χ1) is 12.7. The van der Waals surface area contributed by atoms with Gasteiger partial charge in [0, 0.05) is 38.1 Å². The van der Waals surface area contributed by atoms with E-state index < -0.39 is 6.34 Å². The maximum Gasteiger partial charge on any atom is 0.125 e. The predicted molar refractivity (Wildman–Crippen MR) is 109 cm³/mol. The highest BCUT2D eigenvalue weighted by atomic mass is 32.4. The fourth-order valence-electron chi connectivity index (χ4n) is 3.84. The first-order valence-electron chi connectivity index (χ1n) is 9.47. The Morgan fingerprint density at radius 3 is 2.15 bits per heavy atom. The Kier molecular flexibility index (Phi) is 5.74. The fraction of sp³-hybridized carbons (Fsp3) is 0.611. The summed E-state index contributed by atoms with van der Waals surface area (Å²) in [5.41, 5.74) is 2.29. The lowest BCUT2D eigenvalue weighted by atomic mass is 10.3. The zero-order valence-electron chi connectivity index (χ0n) is 15.3. The molecule has 8 heteroatoms. The van der Waals surface area contributed by atoms with E-state index in [1.165, 1.54) is 10.8 Å². The van der Waals surface area contributed by atoms with E-state index in [1.807, 2.05) is 0 Å². The van der Waals surface area contributed by atoms with Gasteiger partial charge in [0.15, 0.2) is 0 Å². The van der Waals surface area contributed by atoms with Gasteiger partial charge in [0.2, 0.25) is 0 Å². The standard InChI is InChI=1S/C18H27N4O2PS/c1-2-7-22-18(16-5-3-4-6-17(16)19-22)25(26,20-8-12-23-13-9-20)21-10-14-24-15-11-21/h3-6H,2,7-15H2,1H3. The molecule has 0 saturated carbocycles. The Bertz CT molecular complexity index is 778. The number of aryl methyl sites for hydroxylation is 1. The van der Waals surface area contributed by atoms with Crippen LogP contribution < -0.4 is 5.44 Å². The normalized spacial score (nSPS) is 20.7. The van der Waals surface area contributed by atoms with Gasteiger partial charge in [-0.25, -0.2) is 0 Å². The first kappa shape index (κ1) is 18.5. The van der Waals surface area contributed by atoms with Gasteiger partial charge >= 0.3 is 0 Å². The van der Waals surface area contributed by atoms with E-state index >= 15 is 0 Å². The third-order valence-electron chi connectivity index (χ3n) is 5.07. The van der Waals surface area contributed by atoms with Crippen molar-refractivity contribution >= 4 is 34.5 Å². The molecule has 142 valence electrons. The van der Waals surface area contributed by atoms with Crippen molar-refractivity contribution in [2.24, 2.45) is 0 Å². The largest absolute Gasteiger partial charge is 0.379 e. The van der Waals surface area contributed by atoms with Gasteiger partial charge in [0.25, 0.3) is 0 Å². The molecule has 2 fully saturated rings. The van der Waals surface area contributed by atoms with Gasteiger partial charge in [-0.1, -0.05) is 36.9 Å². The Morgan fingerprint density at radius 2 is 1.58 bits per heavy atom. The van der Waals surface area contributed by atoms with Crippen LogP contribution in [0, 0.1) is 0 Å². The molecular formula is C18H27N4O2PS. The van der Waals surface area contributed by atoms with E-state index in [2.05, 4.69) is 45.2 Å². The molecule has 0 amide bonds. The summed E-state index contributed by atoms with van der Waals surface area (Å²) in [6.07, 6.45) is -1.10. The number of hydrogen-bond acceptors (Lipinski definition) is 4. The molecule has 1 aromatic heterocycles. The van der Waals surface area contributed by atoms with Crippen molar-refractivity contribution in [3.05, 3.63) is 24.3 Å². The molecule has 2 saturated heterocycles. The minimum absolute atomic E-state index is 0.753. The third kappa shape index (κ3) is 3.26. The summed E-state index contributed by atoms with van der Waals surface area (Å²) in [6.45, 7) is 9.66. The summed E-state index contributed by atoms with van der Waals surface area (Å²) >= 11 is 6.58. The maximum atomic E-state index is 6.58. The molecule has 0 atom stereocenters. The summed E-state index contributed by atoms with van der Waals surface area (Å²) in [5.74, 6) is 0. The van der Waals surface area contributed by atoms with Crippen LogP contribution in [0.15, 0.2) is 24.3 Å². The van der Waals surface area contributed by atoms with Crippen LogP contribution in [0.3, 0.4) is 0 Å². The van der Waals surface area contributed by atoms with Crippen molar-refractivity contribution < 1.29 is 9.47 Å². The summed E-state index contributed by atoms with van der Waals surface area (Å²) in [4.78, 5) is 0. The number of morpholine rings is 2. The highest BCUT2D eigenvalue weighted by molar-refractivity contribution is 8.16. The van der Waals surface area contributed by atoms with E-state index in [-0.39, 0.29) is 0 Å². The van der Waals surface area contributed by atoms with Crippen LogP contribution >= 0.6 is 6.34 Å². The Balaban J connectivity index is 1.89. The Morgan fingerprint density at radius 1 is 1.00 bits per heavy atom. The fourth-order valence-corrected chi connectivity index (χ4v) is 8.65. The van der Waals surface area contributed by atoms with Crippen molar-refractivity contribution in [1.82, 2.24) is 19.1 Å². The number of nitrogens with zero attached hydrogens (tertiary/aromatic N) is 4. The zero-order chi connectivity index (χ0) is 18.0. The third-order valence-corrected chi connectivity index (χ3v) is 10.3. The number of hydrogen-bond donors (Lipinski definition) is 0. The van der Waals surface area contributed by atoms with Gasteiger partial charge < -0.3 is 9.47 Å². The number of aromatic nitrogens is 2. The van der Waals surface area contributed by atoms with E-state index in [4.69, 9.17) is 26.4 Å². The molecule has 0 spiro atoms. The second-order valence-electron chi connectivity index (χ2n) is 6.74. The molecule has 0 radical (unpaired) electrons. The predicted octanol–water partition coefficient (Wildman–Crippen LogP) is 2.05. The van der Waals surface area contributed by atoms with Crippen molar-refractivity contribution in [2.45, 2.75) is 19.9 Å².